The molecule has 1 aromatic heterocycles. The number of nitrogens with zero attached hydrogens (tertiary/aromatic N) is 3. The van der Waals surface area contributed by atoms with Crippen LogP contribution in [0.4, 0.5) is 11.6 Å². The maximum atomic E-state index is 5.97. The van der Waals surface area contributed by atoms with Crippen molar-refractivity contribution < 1.29 is 0 Å². The monoisotopic (exact) mass is 419 g/mol. The topological polar surface area (TPSA) is 54.2 Å². The molecule has 4 aromatic rings. The molecule has 144 valence electrons. The van der Waals surface area contributed by atoms with Gasteiger partial charge in [0.05, 0.1) is 16.7 Å². The molecule has 2 N–H and O–H groups in total. The molecule has 0 fully saturated rings. The fourth-order valence-corrected chi connectivity index (χ4v) is 3.33. The molecule has 29 heavy (non-hydrogen) atoms. The second-order valence-corrected chi connectivity index (χ2v) is 7.19. The minimum atomic E-state index is 0.506. The van der Waals surface area contributed by atoms with Crippen LogP contribution >= 0.6 is 23.8 Å². The number of hydrogen-bond donors (Lipinski definition) is 2. The summed E-state index contributed by atoms with van der Waals surface area (Å²) in [7, 11) is 0. The lowest BCUT2D eigenvalue weighted by Crippen LogP contribution is -2.20. The number of thiocarbonyl (C=S) groups is 1. The Morgan fingerprint density at radius 2 is 1.66 bits per heavy atom. The summed E-state index contributed by atoms with van der Waals surface area (Å²) in [6.45, 7) is 1.92. The van der Waals surface area contributed by atoms with Crippen molar-refractivity contribution in [1.29, 1.82) is 0 Å². The van der Waals surface area contributed by atoms with E-state index < -0.39 is 0 Å². The highest BCUT2D eigenvalue weighted by molar-refractivity contribution is 7.80. The molecule has 0 spiro atoms. The number of nitrogens with one attached hydrogen (secondary N) is 2. The van der Waals surface area contributed by atoms with Gasteiger partial charge in [-0.1, -0.05) is 54.1 Å². The van der Waals surface area contributed by atoms with Crippen molar-refractivity contribution >= 4 is 57.3 Å². The SMILES string of the molecule is C/C(=N/Nc1nc2ccccc2n1C(=S)Nc1ccccc1)c1ccc(Cl)cc1. The molecule has 0 bridgehead atoms. The van der Waals surface area contributed by atoms with E-state index in [0.717, 1.165) is 28.0 Å². The van der Waals surface area contributed by atoms with E-state index in [1.54, 1.807) is 0 Å². The van der Waals surface area contributed by atoms with Gasteiger partial charge in [0.1, 0.15) is 0 Å². The first-order valence-electron chi connectivity index (χ1n) is 9.02. The van der Waals surface area contributed by atoms with Crippen LogP contribution in [0.1, 0.15) is 12.5 Å². The van der Waals surface area contributed by atoms with Crippen LogP contribution in [0.15, 0.2) is 84.0 Å². The quantitative estimate of drug-likeness (QED) is 0.250. The molecule has 1 heterocycles. The third kappa shape index (κ3) is 4.29. The second-order valence-electron chi connectivity index (χ2n) is 6.37. The first-order valence-corrected chi connectivity index (χ1v) is 9.80. The molecule has 0 aliphatic heterocycles. The Morgan fingerprint density at radius 1 is 0.966 bits per heavy atom. The molecule has 0 aliphatic rings. The van der Waals surface area contributed by atoms with E-state index in [9.17, 15) is 0 Å². The molecule has 0 unspecified atom stereocenters. The average molecular weight is 420 g/mol. The number of benzene rings is 3. The standard InChI is InChI=1S/C22H18ClN5S/c1-15(16-11-13-17(23)14-12-16)26-27-21-25-19-9-5-6-10-20(19)28(21)22(29)24-18-7-3-2-4-8-18/h2-14H,1H3,(H,24,29)(H,25,27)/b26-15-. The summed E-state index contributed by atoms with van der Waals surface area (Å²) in [6, 6.07) is 25.1. The molecule has 7 heteroatoms. The van der Waals surface area contributed by atoms with Crippen LogP contribution in [-0.2, 0) is 0 Å². The van der Waals surface area contributed by atoms with Gasteiger partial charge in [-0.25, -0.2) is 10.4 Å². The van der Waals surface area contributed by atoms with Gasteiger partial charge in [-0.15, -0.1) is 0 Å². The summed E-state index contributed by atoms with van der Waals surface area (Å²) in [5.74, 6) is 0.535. The first-order chi connectivity index (χ1) is 14.1. The van der Waals surface area contributed by atoms with Crippen LogP contribution < -0.4 is 10.7 Å². The van der Waals surface area contributed by atoms with E-state index in [0.29, 0.717) is 16.1 Å². The zero-order valence-corrected chi connectivity index (χ0v) is 17.2. The van der Waals surface area contributed by atoms with Crippen molar-refractivity contribution in [2.75, 3.05) is 10.7 Å². The van der Waals surface area contributed by atoms with Gasteiger partial charge in [-0.05, 0) is 61.1 Å². The Kier molecular flexibility index (Phi) is 5.55. The predicted octanol–water partition coefficient (Wildman–Crippen LogP) is 5.77. The van der Waals surface area contributed by atoms with Crippen LogP contribution in [0.2, 0.25) is 5.02 Å². The van der Waals surface area contributed by atoms with Crippen molar-refractivity contribution in [3.05, 3.63) is 89.4 Å². The molecule has 5 nitrogen and oxygen atoms in total. The number of halogens is 1. The normalized spacial score (nSPS) is 11.4. The molecule has 0 saturated heterocycles. The fraction of sp³-hybridized carbons (Fsp3) is 0.0455. The zero-order valence-electron chi connectivity index (χ0n) is 15.6. The van der Waals surface area contributed by atoms with Crippen molar-refractivity contribution in [2.24, 2.45) is 5.10 Å². The van der Waals surface area contributed by atoms with E-state index >= 15 is 0 Å². The Bertz CT molecular complexity index is 1180. The molecule has 0 aliphatic carbocycles. The minimum Gasteiger partial charge on any atom is -0.332 e. The third-order valence-corrected chi connectivity index (χ3v) is 4.91. The fourth-order valence-electron chi connectivity index (χ4n) is 2.90. The molecule has 0 saturated carbocycles. The zero-order chi connectivity index (χ0) is 20.2. The maximum Gasteiger partial charge on any atom is 0.231 e. The van der Waals surface area contributed by atoms with Gasteiger partial charge in [0.15, 0.2) is 5.11 Å². The number of hydrogen-bond acceptors (Lipinski definition) is 4. The minimum absolute atomic E-state index is 0.506. The van der Waals surface area contributed by atoms with Crippen molar-refractivity contribution in [2.45, 2.75) is 6.92 Å². The van der Waals surface area contributed by atoms with E-state index in [1.807, 2.05) is 90.4 Å². The summed E-state index contributed by atoms with van der Waals surface area (Å²) in [6.07, 6.45) is 0. The van der Waals surface area contributed by atoms with Crippen LogP contribution in [0.25, 0.3) is 11.0 Å². The number of aromatic nitrogens is 2. The number of imidazole rings is 1. The average Bonchev–Trinajstić information content (AvgIpc) is 3.12. The number of hydrazone groups is 1. The van der Waals surface area contributed by atoms with E-state index in [1.165, 1.54) is 0 Å². The van der Waals surface area contributed by atoms with Gasteiger partial charge in [0.2, 0.25) is 5.95 Å². The Balaban J connectivity index is 1.67. The lowest BCUT2D eigenvalue weighted by Gasteiger charge is -2.12. The van der Waals surface area contributed by atoms with E-state index in [2.05, 4.69) is 20.8 Å². The molecule has 3 aromatic carbocycles. The highest BCUT2D eigenvalue weighted by atomic mass is 35.5. The summed E-state index contributed by atoms with van der Waals surface area (Å²) >= 11 is 11.6. The summed E-state index contributed by atoms with van der Waals surface area (Å²) in [4.78, 5) is 4.65. The lowest BCUT2D eigenvalue weighted by atomic mass is 10.1. The van der Waals surface area contributed by atoms with Gasteiger partial charge in [-0.2, -0.15) is 5.10 Å². The largest absolute Gasteiger partial charge is 0.332 e. The Hall–Kier alpha value is -3.22. The highest BCUT2D eigenvalue weighted by Crippen LogP contribution is 2.21. The molecule has 0 atom stereocenters. The van der Waals surface area contributed by atoms with E-state index in [-0.39, 0.29) is 0 Å². The second kappa shape index (κ2) is 8.43. The van der Waals surface area contributed by atoms with Crippen LogP contribution in [0.5, 0.6) is 0 Å². The number of rotatable bonds is 4. The summed E-state index contributed by atoms with van der Waals surface area (Å²) in [5, 5.41) is 8.94. The van der Waals surface area contributed by atoms with Crippen molar-refractivity contribution in [1.82, 2.24) is 9.55 Å². The van der Waals surface area contributed by atoms with Gasteiger partial charge in [0, 0.05) is 10.7 Å². The number of para-hydroxylation sites is 3. The van der Waals surface area contributed by atoms with E-state index in [4.69, 9.17) is 23.8 Å². The summed E-state index contributed by atoms with van der Waals surface area (Å²) in [5.41, 5.74) is 7.46. The number of fused-ring (bicyclic) bond motifs is 1. The Labute approximate surface area is 179 Å². The van der Waals surface area contributed by atoms with Crippen LogP contribution in [-0.4, -0.2) is 20.4 Å². The highest BCUT2D eigenvalue weighted by Gasteiger charge is 2.14. The molecule has 0 radical (unpaired) electrons. The first kappa shape index (κ1) is 19.1. The number of anilines is 2. The predicted molar refractivity (Wildman–Crippen MR) is 125 cm³/mol. The Morgan fingerprint density at radius 3 is 2.41 bits per heavy atom. The summed E-state index contributed by atoms with van der Waals surface area (Å²) < 4.78 is 1.84. The van der Waals surface area contributed by atoms with Gasteiger partial charge in [0.25, 0.3) is 0 Å². The van der Waals surface area contributed by atoms with Gasteiger partial charge in [-0.3, -0.25) is 4.57 Å². The molecule has 4 rings (SSSR count). The molecule has 0 amide bonds. The third-order valence-electron chi connectivity index (χ3n) is 4.37. The van der Waals surface area contributed by atoms with Crippen molar-refractivity contribution in [3.63, 3.8) is 0 Å². The molecular formula is C22H18ClN5S. The smallest absolute Gasteiger partial charge is 0.231 e. The maximum absolute atomic E-state index is 5.97. The van der Waals surface area contributed by atoms with Crippen LogP contribution in [0, 0.1) is 0 Å². The van der Waals surface area contributed by atoms with Crippen LogP contribution in [0.3, 0.4) is 0 Å². The molecular weight excluding hydrogens is 402 g/mol. The van der Waals surface area contributed by atoms with Gasteiger partial charge >= 0.3 is 0 Å². The van der Waals surface area contributed by atoms with Gasteiger partial charge < -0.3 is 5.32 Å². The van der Waals surface area contributed by atoms with Crippen molar-refractivity contribution in [3.8, 4) is 0 Å². The lowest BCUT2D eigenvalue weighted by molar-refractivity contribution is 1.12.